The third-order valence-electron chi connectivity index (χ3n) is 3.32. The molecule has 1 aromatic heterocycles. The first-order chi connectivity index (χ1) is 6.73. The zero-order valence-corrected chi connectivity index (χ0v) is 8.74. The van der Waals surface area contributed by atoms with Crippen LogP contribution in [0.3, 0.4) is 0 Å². The highest BCUT2D eigenvalue weighted by molar-refractivity contribution is 4.97. The SMILES string of the molecule is CC1(Cn2cncc2CO)CCCC1. The van der Waals surface area contributed by atoms with Crippen LogP contribution in [0.15, 0.2) is 12.5 Å². The molecule has 3 heteroatoms. The first kappa shape index (κ1) is 9.71. The fourth-order valence-electron chi connectivity index (χ4n) is 2.42. The fourth-order valence-corrected chi connectivity index (χ4v) is 2.42. The lowest BCUT2D eigenvalue weighted by Gasteiger charge is -2.24. The monoisotopic (exact) mass is 194 g/mol. The van der Waals surface area contributed by atoms with Gasteiger partial charge in [-0.3, -0.25) is 0 Å². The molecule has 2 rings (SSSR count). The molecule has 1 aliphatic rings. The molecule has 1 heterocycles. The quantitative estimate of drug-likeness (QED) is 0.798. The van der Waals surface area contributed by atoms with Crippen molar-refractivity contribution in [3.8, 4) is 0 Å². The predicted molar refractivity (Wildman–Crippen MR) is 54.7 cm³/mol. The van der Waals surface area contributed by atoms with Gasteiger partial charge in [0.1, 0.15) is 0 Å². The molecular weight excluding hydrogens is 176 g/mol. The minimum absolute atomic E-state index is 0.0933. The molecular formula is C11H18N2O. The summed E-state index contributed by atoms with van der Waals surface area (Å²) in [4.78, 5) is 4.07. The number of aromatic nitrogens is 2. The van der Waals surface area contributed by atoms with Gasteiger partial charge in [0.25, 0.3) is 0 Å². The molecule has 1 aromatic rings. The third kappa shape index (κ3) is 1.82. The van der Waals surface area contributed by atoms with Crippen LogP contribution in [-0.2, 0) is 13.2 Å². The van der Waals surface area contributed by atoms with Crippen molar-refractivity contribution in [1.29, 1.82) is 0 Å². The summed E-state index contributed by atoms with van der Waals surface area (Å²) in [7, 11) is 0. The number of nitrogens with zero attached hydrogens (tertiary/aromatic N) is 2. The summed E-state index contributed by atoms with van der Waals surface area (Å²) in [6, 6.07) is 0. The molecule has 0 amide bonds. The van der Waals surface area contributed by atoms with Crippen LogP contribution < -0.4 is 0 Å². The molecule has 1 aliphatic carbocycles. The van der Waals surface area contributed by atoms with Gasteiger partial charge in [0.2, 0.25) is 0 Å². The van der Waals surface area contributed by atoms with Crippen LogP contribution >= 0.6 is 0 Å². The Morgan fingerprint density at radius 1 is 1.50 bits per heavy atom. The Bertz CT molecular complexity index is 300. The summed E-state index contributed by atoms with van der Waals surface area (Å²) in [6.07, 6.45) is 8.87. The molecule has 0 bridgehead atoms. The van der Waals surface area contributed by atoms with Crippen LogP contribution in [-0.4, -0.2) is 14.7 Å². The van der Waals surface area contributed by atoms with Gasteiger partial charge in [-0.25, -0.2) is 4.98 Å². The summed E-state index contributed by atoms with van der Waals surface area (Å²) < 4.78 is 2.09. The Morgan fingerprint density at radius 2 is 2.21 bits per heavy atom. The van der Waals surface area contributed by atoms with E-state index in [1.54, 1.807) is 6.20 Å². The average molecular weight is 194 g/mol. The van der Waals surface area contributed by atoms with E-state index in [2.05, 4.69) is 16.5 Å². The van der Waals surface area contributed by atoms with Gasteiger partial charge >= 0.3 is 0 Å². The molecule has 1 fully saturated rings. The molecule has 0 atom stereocenters. The molecule has 1 saturated carbocycles. The van der Waals surface area contributed by atoms with Gasteiger partial charge < -0.3 is 9.67 Å². The number of hydrogen-bond donors (Lipinski definition) is 1. The molecule has 0 unspecified atom stereocenters. The van der Waals surface area contributed by atoms with Crippen LogP contribution in [0.25, 0.3) is 0 Å². The van der Waals surface area contributed by atoms with Crippen molar-refractivity contribution >= 4 is 0 Å². The van der Waals surface area contributed by atoms with Gasteiger partial charge in [-0.1, -0.05) is 19.8 Å². The topological polar surface area (TPSA) is 38.0 Å². The zero-order valence-electron chi connectivity index (χ0n) is 8.74. The summed E-state index contributed by atoms with van der Waals surface area (Å²) in [5.74, 6) is 0. The van der Waals surface area contributed by atoms with Crippen molar-refractivity contribution in [2.45, 2.75) is 45.8 Å². The second-order valence-electron chi connectivity index (χ2n) is 4.69. The summed E-state index contributed by atoms with van der Waals surface area (Å²) >= 11 is 0. The lowest BCUT2D eigenvalue weighted by molar-refractivity contribution is 0.244. The lowest BCUT2D eigenvalue weighted by Crippen LogP contribution is -2.20. The summed E-state index contributed by atoms with van der Waals surface area (Å²) in [6.45, 7) is 3.43. The van der Waals surface area contributed by atoms with E-state index < -0.39 is 0 Å². The smallest absolute Gasteiger partial charge is 0.0949 e. The third-order valence-corrected chi connectivity index (χ3v) is 3.32. The van der Waals surface area contributed by atoms with Gasteiger partial charge in [-0.05, 0) is 18.3 Å². The highest BCUT2D eigenvalue weighted by Gasteiger charge is 2.29. The van der Waals surface area contributed by atoms with E-state index in [0.717, 1.165) is 12.2 Å². The number of hydrogen-bond acceptors (Lipinski definition) is 2. The Labute approximate surface area is 84.8 Å². The normalized spacial score (nSPS) is 20.1. The molecule has 0 aromatic carbocycles. The maximum atomic E-state index is 9.10. The van der Waals surface area contributed by atoms with E-state index in [1.807, 2.05) is 6.33 Å². The van der Waals surface area contributed by atoms with Crippen LogP contribution in [0.1, 0.15) is 38.3 Å². The predicted octanol–water partition coefficient (Wildman–Crippen LogP) is 1.96. The first-order valence-corrected chi connectivity index (χ1v) is 5.33. The highest BCUT2D eigenvalue weighted by atomic mass is 16.3. The van der Waals surface area contributed by atoms with Crippen molar-refractivity contribution in [3.63, 3.8) is 0 Å². The number of aliphatic hydroxyl groups excluding tert-OH is 1. The maximum Gasteiger partial charge on any atom is 0.0949 e. The van der Waals surface area contributed by atoms with Crippen molar-refractivity contribution in [3.05, 3.63) is 18.2 Å². The molecule has 0 aliphatic heterocycles. The van der Waals surface area contributed by atoms with Crippen LogP contribution in [0.2, 0.25) is 0 Å². The Kier molecular flexibility index (Phi) is 2.59. The van der Waals surface area contributed by atoms with Crippen LogP contribution in [0, 0.1) is 5.41 Å². The van der Waals surface area contributed by atoms with Gasteiger partial charge in [0, 0.05) is 6.54 Å². The Hall–Kier alpha value is -0.830. The van der Waals surface area contributed by atoms with Crippen molar-refractivity contribution in [2.24, 2.45) is 5.41 Å². The zero-order chi connectivity index (χ0) is 10.0. The van der Waals surface area contributed by atoms with Gasteiger partial charge in [-0.15, -0.1) is 0 Å². The van der Waals surface area contributed by atoms with Gasteiger partial charge in [0.15, 0.2) is 0 Å². The molecule has 0 spiro atoms. The lowest BCUT2D eigenvalue weighted by atomic mass is 9.89. The molecule has 0 radical (unpaired) electrons. The average Bonchev–Trinajstić information content (AvgIpc) is 2.75. The van der Waals surface area contributed by atoms with Crippen molar-refractivity contribution in [2.75, 3.05) is 0 Å². The Balaban J connectivity index is 2.09. The van der Waals surface area contributed by atoms with E-state index in [0.29, 0.717) is 5.41 Å². The van der Waals surface area contributed by atoms with Gasteiger partial charge in [0.05, 0.1) is 24.8 Å². The summed E-state index contributed by atoms with van der Waals surface area (Å²) in [5, 5.41) is 9.10. The van der Waals surface area contributed by atoms with Crippen molar-refractivity contribution < 1.29 is 5.11 Å². The van der Waals surface area contributed by atoms with E-state index in [-0.39, 0.29) is 6.61 Å². The maximum absolute atomic E-state index is 9.10. The molecule has 0 saturated heterocycles. The molecule has 1 N–H and O–H groups in total. The molecule has 14 heavy (non-hydrogen) atoms. The molecule has 78 valence electrons. The van der Waals surface area contributed by atoms with E-state index in [1.165, 1.54) is 25.7 Å². The minimum Gasteiger partial charge on any atom is -0.390 e. The number of imidazole rings is 1. The van der Waals surface area contributed by atoms with E-state index >= 15 is 0 Å². The Morgan fingerprint density at radius 3 is 2.86 bits per heavy atom. The van der Waals surface area contributed by atoms with E-state index in [4.69, 9.17) is 5.11 Å². The molecule has 3 nitrogen and oxygen atoms in total. The van der Waals surface area contributed by atoms with E-state index in [9.17, 15) is 0 Å². The second-order valence-corrected chi connectivity index (χ2v) is 4.69. The van der Waals surface area contributed by atoms with Crippen molar-refractivity contribution in [1.82, 2.24) is 9.55 Å². The largest absolute Gasteiger partial charge is 0.390 e. The highest BCUT2D eigenvalue weighted by Crippen LogP contribution is 2.39. The fraction of sp³-hybridized carbons (Fsp3) is 0.727. The summed E-state index contributed by atoms with van der Waals surface area (Å²) in [5.41, 5.74) is 1.35. The first-order valence-electron chi connectivity index (χ1n) is 5.33. The van der Waals surface area contributed by atoms with Gasteiger partial charge in [-0.2, -0.15) is 0 Å². The second kappa shape index (κ2) is 3.73. The van der Waals surface area contributed by atoms with Crippen LogP contribution in [0.4, 0.5) is 0 Å². The number of aliphatic hydroxyl groups is 1. The number of rotatable bonds is 3. The van der Waals surface area contributed by atoms with Crippen LogP contribution in [0.5, 0.6) is 0 Å². The standard InChI is InChI=1S/C11H18N2O/c1-11(4-2-3-5-11)8-13-9-12-6-10(13)7-14/h6,9,14H,2-5,7-8H2,1H3. The minimum atomic E-state index is 0.0933.